The molecule has 0 fully saturated rings. The maximum absolute atomic E-state index is 8.79. The van der Waals surface area contributed by atoms with E-state index >= 15 is 0 Å². The number of unbranched alkanes of at least 4 members (excludes halogenated alkanes) is 4. The fraction of sp³-hybridized carbons (Fsp3) is 0.462. The molecule has 0 saturated carbocycles. The van der Waals surface area contributed by atoms with Gasteiger partial charge in [0.1, 0.15) is 0 Å². The average molecular weight is 409 g/mol. The van der Waals surface area contributed by atoms with Gasteiger partial charge in [-0.05, 0) is 41.1 Å². The zero-order chi connectivity index (χ0) is 21.0. The molecule has 0 amide bonds. The molecule has 0 radical (unpaired) electrons. The summed E-state index contributed by atoms with van der Waals surface area (Å²) >= 11 is 0. The second kappa shape index (κ2) is 12.0. The van der Waals surface area contributed by atoms with E-state index in [2.05, 4.69) is 93.3 Å². The topological polar surface area (TPSA) is 29.5 Å². The Kier molecular flexibility index (Phi) is 9.67. The summed E-state index contributed by atoms with van der Waals surface area (Å²) in [5.41, 5.74) is 0. The van der Waals surface area contributed by atoms with Crippen molar-refractivity contribution in [2.75, 3.05) is 13.2 Å². The standard InChI is InChI=1S/C26H36O2Si/c1-26(2,3)29(24-18-12-10-13-19-24,25-20-14-11-15-21-25)28-23-17-9-7-5-4-6-8-16-22-27/h10-15,18-21,27H,6-9,16-17,22-23H2,1-3H3. The highest BCUT2D eigenvalue weighted by atomic mass is 28.4. The maximum atomic E-state index is 8.79. The van der Waals surface area contributed by atoms with Gasteiger partial charge in [0.25, 0.3) is 8.32 Å². The van der Waals surface area contributed by atoms with Crippen molar-refractivity contribution in [3.05, 3.63) is 60.7 Å². The highest BCUT2D eigenvalue weighted by Crippen LogP contribution is 2.36. The second-order valence-electron chi connectivity index (χ2n) is 8.50. The van der Waals surface area contributed by atoms with Gasteiger partial charge >= 0.3 is 0 Å². The molecule has 0 aromatic heterocycles. The van der Waals surface area contributed by atoms with Gasteiger partial charge < -0.3 is 9.53 Å². The van der Waals surface area contributed by atoms with E-state index in [9.17, 15) is 0 Å². The Bertz CT molecular complexity index is 715. The number of hydrogen-bond acceptors (Lipinski definition) is 2. The molecular formula is C26H36O2Si. The number of hydrogen-bond donors (Lipinski definition) is 1. The van der Waals surface area contributed by atoms with Crippen LogP contribution < -0.4 is 10.4 Å². The Morgan fingerprint density at radius 3 is 1.69 bits per heavy atom. The number of aliphatic hydroxyl groups excluding tert-OH is 1. The molecule has 0 saturated heterocycles. The molecule has 0 atom stereocenters. The van der Waals surface area contributed by atoms with Gasteiger partial charge in [-0.2, -0.15) is 0 Å². The van der Waals surface area contributed by atoms with Crippen LogP contribution in [0.15, 0.2) is 60.7 Å². The monoisotopic (exact) mass is 408 g/mol. The Labute approximate surface area is 178 Å². The Balaban J connectivity index is 2.08. The minimum absolute atomic E-state index is 0.0300. The predicted molar refractivity (Wildman–Crippen MR) is 126 cm³/mol. The summed E-state index contributed by atoms with van der Waals surface area (Å²) in [5, 5.41) is 11.5. The van der Waals surface area contributed by atoms with Crippen LogP contribution in [-0.2, 0) is 4.43 Å². The van der Waals surface area contributed by atoms with E-state index in [4.69, 9.17) is 9.53 Å². The van der Waals surface area contributed by atoms with Crippen LogP contribution in [-0.4, -0.2) is 26.6 Å². The highest BCUT2D eigenvalue weighted by molar-refractivity contribution is 6.99. The Hall–Kier alpha value is -1.86. The predicted octanol–water partition coefficient (Wildman–Crippen LogP) is 4.90. The lowest BCUT2D eigenvalue weighted by atomic mass is 10.2. The molecule has 0 bridgehead atoms. The average Bonchev–Trinajstić information content (AvgIpc) is 2.72. The summed E-state index contributed by atoms with van der Waals surface area (Å²) in [6.45, 7) is 7.98. The van der Waals surface area contributed by atoms with E-state index in [-0.39, 0.29) is 11.6 Å². The maximum Gasteiger partial charge on any atom is 0.261 e. The second-order valence-corrected chi connectivity index (χ2v) is 12.8. The molecule has 0 unspecified atom stereocenters. The Morgan fingerprint density at radius 1 is 0.759 bits per heavy atom. The van der Waals surface area contributed by atoms with Gasteiger partial charge in [0.05, 0.1) is 0 Å². The van der Waals surface area contributed by atoms with E-state index in [0.717, 1.165) is 45.1 Å². The molecule has 29 heavy (non-hydrogen) atoms. The number of benzene rings is 2. The summed E-state index contributed by atoms with van der Waals surface area (Å²) < 4.78 is 6.89. The largest absolute Gasteiger partial charge is 0.407 e. The van der Waals surface area contributed by atoms with Crippen LogP contribution in [0.4, 0.5) is 0 Å². The highest BCUT2D eigenvalue weighted by Gasteiger charge is 2.49. The molecule has 0 aliphatic rings. The SMILES string of the molecule is CC(C)(C)[Si](OCCCCC#CCCCCO)(c1ccccc1)c1ccccc1. The third-order valence-electron chi connectivity index (χ3n) is 5.27. The third kappa shape index (κ3) is 6.57. The van der Waals surface area contributed by atoms with Crippen LogP contribution >= 0.6 is 0 Å². The quantitative estimate of drug-likeness (QED) is 0.344. The van der Waals surface area contributed by atoms with Crippen LogP contribution in [0, 0.1) is 11.8 Å². The van der Waals surface area contributed by atoms with E-state index in [1.54, 1.807) is 0 Å². The van der Waals surface area contributed by atoms with Crippen molar-refractivity contribution in [1.82, 2.24) is 0 Å². The molecule has 1 N–H and O–H groups in total. The van der Waals surface area contributed by atoms with Crippen LogP contribution in [0.5, 0.6) is 0 Å². The first-order chi connectivity index (χ1) is 14.0. The minimum Gasteiger partial charge on any atom is -0.407 e. The fourth-order valence-electron chi connectivity index (χ4n) is 3.80. The molecule has 2 rings (SSSR count). The Morgan fingerprint density at radius 2 is 1.24 bits per heavy atom. The zero-order valence-electron chi connectivity index (χ0n) is 18.3. The van der Waals surface area contributed by atoms with Gasteiger partial charge in [0.15, 0.2) is 0 Å². The zero-order valence-corrected chi connectivity index (χ0v) is 19.3. The molecule has 0 spiro atoms. The minimum atomic E-state index is -2.40. The molecule has 0 heterocycles. The number of aliphatic hydroxyl groups is 1. The van der Waals surface area contributed by atoms with Crippen molar-refractivity contribution in [3.63, 3.8) is 0 Å². The fourth-order valence-corrected chi connectivity index (χ4v) is 8.41. The van der Waals surface area contributed by atoms with Crippen LogP contribution in [0.1, 0.15) is 59.3 Å². The van der Waals surface area contributed by atoms with Gasteiger partial charge in [-0.1, -0.05) is 81.4 Å². The van der Waals surface area contributed by atoms with Gasteiger partial charge in [0, 0.05) is 26.1 Å². The molecule has 2 aromatic carbocycles. The summed E-state index contributed by atoms with van der Waals surface area (Å²) in [6.07, 6.45) is 5.73. The van der Waals surface area contributed by atoms with Crippen LogP contribution in [0.3, 0.4) is 0 Å². The molecule has 0 aliphatic carbocycles. The van der Waals surface area contributed by atoms with Gasteiger partial charge in [-0.25, -0.2) is 0 Å². The molecular weight excluding hydrogens is 372 g/mol. The smallest absolute Gasteiger partial charge is 0.261 e. The van der Waals surface area contributed by atoms with Crippen molar-refractivity contribution < 1.29 is 9.53 Å². The molecule has 0 aliphatic heterocycles. The van der Waals surface area contributed by atoms with E-state index < -0.39 is 8.32 Å². The van der Waals surface area contributed by atoms with Crippen LogP contribution in [0.25, 0.3) is 0 Å². The van der Waals surface area contributed by atoms with E-state index in [1.807, 2.05) is 0 Å². The van der Waals surface area contributed by atoms with Crippen molar-refractivity contribution in [3.8, 4) is 11.8 Å². The third-order valence-corrected chi connectivity index (χ3v) is 10.3. The van der Waals surface area contributed by atoms with E-state index in [0.29, 0.717) is 0 Å². The van der Waals surface area contributed by atoms with Crippen molar-refractivity contribution in [2.45, 2.75) is 64.3 Å². The first-order valence-corrected chi connectivity index (χ1v) is 12.7. The lowest BCUT2D eigenvalue weighted by Crippen LogP contribution is -2.66. The first kappa shape index (κ1) is 23.4. The normalized spacial score (nSPS) is 11.7. The lowest BCUT2D eigenvalue weighted by molar-refractivity contribution is 0.285. The summed E-state index contributed by atoms with van der Waals surface area (Å²) in [4.78, 5) is 0. The van der Waals surface area contributed by atoms with Crippen LogP contribution in [0.2, 0.25) is 5.04 Å². The molecule has 156 valence electrons. The van der Waals surface area contributed by atoms with Gasteiger partial charge in [-0.15, -0.1) is 11.8 Å². The summed E-state index contributed by atoms with van der Waals surface area (Å²) in [7, 11) is -2.40. The van der Waals surface area contributed by atoms with Gasteiger partial charge in [-0.3, -0.25) is 0 Å². The molecule has 2 nitrogen and oxygen atoms in total. The van der Waals surface area contributed by atoms with E-state index in [1.165, 1.54) is 10.4 Å². The number of rotatable bonds is 10. The molecule has 3 heteroatoms. The first-order valence-electron chi connectivity index (χ1n) is 10.8. The van der Waals surface area contributed by atoms with Crippen molar-refractivity contribution in [2.24, 2.45) is 0 Å². The van der Waals surface area contributed by atoms with Crippen molar-refractivity contribution >= 4 is 18.7 Å². The van der Waals surface area contributed by atoms with Gasteiger partial charge in [0.2, 0.25) is 0 Å². The lowest BCUT2D eigenvalue weighted by Gasteiger charge is -2.43. The molecule has 2 aromatic rings. The van der Waals surface area contributed by atoms with Crippen molar-refractivity contribution in [1.29, 1.82) is 0 Å². The summed E-state index contributed by atoms with van der Waals surface area (Å²) in [5.74, 6) is 6.47. The summed E-state index contributed by atoms with van der Waals surface area (Å²) in [6, 6.07) is 21.6.